The predicted octanol–water partition coefficient (Wildman–Crippen LogP) is -0.0559. The van der Waals surface area contributed by atoms with Crippen LogP contribution in [-0.4, -0.2) is 34.9 Å². The molecule has 0 radical (unpaired) electrons. The van der Waals surface area contributed by atoms with E-state index in [0.29, 0.717) is 17.1 Å². The first-order chi connectivity index (χ1) is 6.49. The fraction of sp³-hybridized carbons (Fsp3) is 0.500. The van der Waals surface area contributed by atoms with Crippen molar-refractivity contribution in [3.8, 4) is 0 Å². The number of rotatable bonds is 2. The molecule has 2 N–H and O–H groups in total. The van der Waals surface area contributed by atoms with E-state index in [1.165, 1.54) is 18.8 Å². The fourth-order valence-corrected chi connectivity index (χ4v) is 1.18. The first kappa shape index (κ1) is 10.5. The van der Waals surface area contributed by atoms with Gasteiger partial charge < -0.3 is 5.73 Å². The van der Waals surface area contributed by atoms with E-state index < -0.39 is 0 Å². The zero-order valence-corrected chi connectivity index (χ0v) is 8.74. The molecule has 0 atom stereocenters. The number of carbonyl (C=O) groups is 1. The highest BCUT2D eigenvalue weighted by atomic mass is 16.7. The summed E-state index contributed by atoms with van der Waals surface area (Å²) in [4.78, 5) is 16.5. The van der Waals surface area contributed by atoms with Gasteiger partial charge in [-0.25, -0.2) is 5.06 Å². The summed E-state index contributed by atoms with van der Waals surface area (Å²) in [5.74, 6) is 0.0481. The fourth-order valence-electron chi connectivity index (χ4n) is 1.18. The Morgan fingerprint density at radius 3 is 2.57 bits per heavy atom. The second kappa shape index (κ2) is 3.67. The van der Waals surface area contributed by atoms with Gasteiger partial charge in [0.2, 0.25) is 0 Å². The first-order valence-electron chi connectivity index (χ1n) is 4.10. The zero-order chi connectivity index (χ0) is 10.9. The molecule has 6 heteroatoms. The van der Waals surface area contributed by atoms with Crippen LogP contribution in [0.5, 0.6) is 0 Å². The molecule has 1 rings (SSSR count). The number of anilines is 1. The van der Waals surface area contributed by atoms with E-state index in [9.17, 15) is 4.79 Å². The number of nitrogen functional groups attached to an aromatic ring is 1. The molecule has 0 fully saturated rings. The first-order valence-corrected chi connectivity index (χ1v) is 4.10. The summed E-state index contributed by atoms with van der Waals surface area (Å²) in [5, 5.41) is 5.15. The Hall–Kier alpha value is -1.56. The van der Waals surface area contributed by atoms with Gasteiger partial charge in [0.15, 0.2) is 0 Å². The van der Waals surface area contributed by atoms with Gasteiger partial charge in [-0.15, -0.1) is 0 Å². The van der Waals surface area contributed by atoms with Gasteiger partial charge in [0, 0.05) is 14.1 Å². The van der Waals surface area contributed by atoms with E-state index in [1.807, 2.05) is 0 Å². The second-order valence-electron chi connectivity index (χ2n) is 2.95. The number of nitrogens with zero attached hydrogens (tertiary/aromatic N) is 3. The van der Waals surface area contributed by atoms with Crippen molar-refractivity contribution in [2.75, 3.05) is 19.9 Å². The molecule has 1 aromatic rings. The third-order valence-corrected chi connectivity index (χ3v) is 2.04. The van der Waals surface area contributed by atoms with Crippen molar-refractivity contribution in [1.82, 2.24) is 14.8 Å². The van der Waals surface area contributed by atoms with Crippen molar-refractivity contribution in [2.24, 2.45) is 7.05 Å². The summed E-state index contributed by atoms with van der Waals surface area (Å²) in [6.07, 6.45) is 0. The highest BCUT2D eigenvalue weighted by Crippen LogP contribution is 2.16. The molecule has 0 spiro atoms. The Balaban J connectivity index is 3.12. The monoisotopic (exact) mass is 198 g/mol. The molecule has 0 saturated heterocycles. The number of hydrogen-bond acceptors (Lipinski definition) is 4. The average molecular weight is 198 g/mol. The number of hydroxylamine groups is 2. The molecule has 78 valence electrons. The molecule has 0 unspecified atom stereocenters. The van der Waals surface area contributed by atoms with Crippen molar-refractivity contribution in [3.05, 3.63) is 11.3 Å². The third kappa shape index (κ3) is 1.56. The molecule has 1 amide bonds. The lowest BCUT2D eigenvalue weighted by atomic mass is 10.2. The Kier molecular flexibility index (Phi) is 2.76. The Morgan fingerprint density at radius 1 is 1.64 bits per heavy atom. The van der Waals surface area contributed by atoms with Crippen LogP contribution in [0.15, 0.2) is 0 Å². The minimum atomic E-state index is -0.296. The van der Waals surface area contributed by atoms with Crippen LogP contribution < -0.4 is 5.73 Å². The molecule has 0 aromatic carbocycles. The Labute approximate surface area is 82.2 Å². The summed E-state index contributed by atoms with van der Waals surface area (Å²) in [6, 6.07) is 0. The molecule has 1 heterocycles. The summed E-state index contributed by atoms with van der Waals surface area (Å²) in [6.45, 7) is 1.73. The standard InChI is InChI=1S/C8H14N4O2/c1-5-6(7(9)11(2)10-5)8(13)12(3)14-4/h9H2,1-4H3. The Morgan fingerprint density at radius 2 is 2.21 bits per heavy atom. The lowest BCUT2D eigenvalue weighted by molar-refractivity contribution is -0.0756. The third-order valence-electron chi connectivity index (χ3n) is 2.04. The highest BCUT2D eigenvalue weighted by molar-refractivity contribution is 5.98. The number of aromatic nitrogens is 2. The van der Waals surface area contributed by atoms with Gasteiger partial charge in [-0.1, -0.05) is 0 Å². The van der Waals surface area contributed by atoms with Gasteiger partial charge in [0.25, 0.3) is 5.91 Å². The topological polar surface area (TPSA) is 73.4 Å². The maximum absolute atomic E-state index is 11.7. The van der Waals surface area contributed by atoms with E-state index in [1.54, 1.807) is 14.0 Å². The molecular weight excluding hydrogens is 184 g/mol. The normalized spacial score (nSPS) is 10.3. The molecule has 0 aliphatic heterocycles. The molecule has 0 bridgehead atoms. The molecule has 0 saturated carbocycles. The molecule has 0 aliphatic carbocycles. The van der Waals surface area contributed by atoms with Crippen LogP contribution >= 0.6 is 0 Å². The minimum Gasteiger partial charge on any atom is -0.383 e. The van der Waals surface area contributed by atoms with Crippen LogP contribution in [-0.2, 0) is 11.9 Å². The van der Waals surface area contributed by atoms with E-state index in [2.05, 4.69) is 5.10 Å². The van der Waals surface area contributed by atoms with Gasteiger partial charge in [0.1, 0.15) is 11.4 Å². The SMILES string of the molecule is CON(C)C(=O)c1c(C)nn(C)c1N. The Bertz CT molecular complexity index is 358. The van der Waals surface area contributed by atoms with Crippen molar-refractivity contribution in [2.45, 2.75) is 6.92 Å². The van der Waals surface area contributed by atoms with Crippen LogP contribution in [0.4, 0.5) is 5.82 Å². The van der Waals surface area contributed by atoms with Crippen LogP contribution in [0.25, 0.3) is 0 Å². The van der Waals surface area contributed by atoms with Crippen molar-refractivity contribution >= 4 is 11.7 Å². The van der Waals surface area contributed by atoms with E-state index in [4.69, 9.17) is 10.6 Å². The van der Waals surface area contributed by atoms with Crippen molar-refractivity contribution in [3.63, 3.8) is 0 Å². The number of aryl methyl sites for hydroxylation is 2. The van der Waals surface area contributed by atoms with Gasteiger partial charge in [-0.2, -0.15) is 5.10 Å². The number of carbonyl (C=O) groups excluding carboxylic acids is 1. The highest BCUT2D eigenvalue weighted by Gasteiger charge is 2.21. The molecule has 14 heavy (non-hydrogen) atoms. The van der Waals surface area contributed by atoms with Crippen LogP contribution in [0, 0.1) is 6.92 Å². The van der Waals surface area contributed by atoms with Gasteiger partial charge >= 0.3 is 0 Å². The summed E-state index contributed by atoms with van der Waals surface area (Å²) < 4.78 is 1.46. The van der Waals surface area contributed by atoms with Crippen LogP contribution in [0.1, 0.15) is 16.1 Å². The molecule has 6 nitrogen and oxygen atoms in total. The zero-order valence-electron chi connectivity index (χ0n) is 8.74. The summed E-state index contributed by atoms with van der Waals surface area (Å²) >= 11 is 0. The quantitative estimate of drug-likeness (QED) is 0.676. The van der Waals surface area contributed by atoms with E-state index >= 15 is 0 Å². The lowest BCUT2D eigenvalue weighted by Crippen LogP contribution is -2.26. The van der Waals surface area contributed by atoms with E-state index in [-0.39, 0.29) is 5.91 Å². The number of hydrogen-bond donors (Lipinski definition) is 1. The average Bonchev–Trinajstić information content (AvgIpc) is 2.39. The van der Waals surface area contributed by atoms with Gasteiger partial charge in [-0.3, -0.25) is 14.3 Å². The number of nitrogens with two attached hydrogens (primary N) is 1. The summed E-state index contributed by atoms with van der Waals surface area (Å²) in [5.41, 5.74) is 6.68. The largest absolute Gasteiger partial charge is 0.383 e. The predicted molar refractivity (Wildman–Crippen MR) is 51.5 cm³/mol. The second-order valence-corrected chi connectivity index (χ2v) is 2.95. The van der Waals surface area contributed by atoms with Crippen LogP contribution in [0.3, 0.4) is 0 Å². The smallest absolute Gasteiger partial charge is 0.282 e. The molecular formula is C8H14N4O2. The minimum absolute atomic E-state index is 0.296. The molecule has 1 aromatic heterocycles. The maximum Gasteiger partial charge on any atom is 0.282 e. The van der Waals surface area contributed by atoms with Gasteiger partial charge in [0.05, 0.1) is 12.8 Å². The van der Waals surface area contributed by atoms with Crippen molar-refractivity contribution in [1.29, 1.82) is 0 Å². The lowest BCUT2D eigenvalue weighted by Gasteiger charge is -2.13. The molecule has 0 aliphatic rings. The van der Waals surface area contributed by atoms with Crippen LogP contribution in [0.2, 0.25) is 0 Å². The summed E-state index contributed by atoms with van der Waals surface area (Å²) in [7, 11) is 4.62. The van der Waals surface area contributed by atoms with E-state index in [0.717, 1.165) is 5.06 Å². The number of amides is 1. The van der Waals surface area contributed by atoms with Gasteiger partial charge in [-0.05, 0) is 6.92 Å². The van der Waals surface area contributed by atoms with Crippen molar-refractivity contribution < 1.29 is 9.63 Å². The maximum atomic E-state index is 11.7.